The number of nitrogens with zero attached hydrogens (tertiary/aromatic N) is 2. The molecule has 0 atom stereocenters. The van der Waals surface area contributed by atoms with Crippen molar-refractivity contribution in [3.8, 4) is 0 Å². The number of aromatic nitrogens is 2. The fraction of sp³-hybridized carbons (Fsp3) is 0.333. The van der Waals surface area contributed by atoms with Crippen molar-refractivity contribution in [1.82, 2.24) is 9.55 Å². The van der Waals surface area contributed by atoms with Crippen LogP contribution in [0.5, 0.6) is 0 Å². The van der Waals surface area contributed by atoms with Crippen molar-refractivity contribution in [2.75, 3.05) is 0 Å². The highest BCUT2D eigenvalue weighted by atomic mass is 79.9. The Bertz CT molecular complexity index is 615. The van der Waals surface area contributed by atoms with Crippen molar-refractivity contribution in [2.45, 2.75) is 25.8 Å². The number of aryl methyl sites for hydroxylation is 1. The van der Waals surface area contributed by atoms with Gasteiger partial charge in [0.1, 0.15) is 11.3 Å². The van der Waals surface area contributed by atoms with E-state index in [0.29, 0.717) is 5.49 Å². The molecule has 1 aliphatic heterocycles. The number of rotatable bonds is 0. The van der Waals surface area contributed by atoms with Crippen LogP contribution < -0.4 is 5.49 Å². The fourth-order valence-electron chi connectivity index (χ4n) is 2.29. The Morgan fingerprint density at radius 1 is 1.31 bits per heavy atom. The molecule has 3 nitrogen and oxygen atoms in total. The van der Waals surface area contributed by atoms with E-state index < -0.39 is 0 Å². The van der Waals surface area contributed by atoms with E-state index in [2.05, 4.69) is 20.9 Å². The Kier molecular flexibility index (Phi) is 2.32. The highest BCUT2D eigenvalue weighted by molar-refractivity contribution is 9.10. The van der Waals surface area contributed by atoms with Crippen LogP contribution in [0.4, 0.5) is 0 Å². The second kappa shape index (κ2) is 3.70. The van der Waals surface area contributed by atoms with Crippen LogP contribution in [0.2, 0.25) is 0 Å². The topological polar surface area (TPSA) is 41.7 Å². The minimum atomic E-state index is 0.590. The number of benzene rings is 1. The molecule has 2 heterocycles. The van der Waals surface area contributed by atoms with Crippen molar-refractivity contribution >= 4 is 26.8 Å². The summed E-state index contributed by atoms with van der Waals surface area (Å²) >= 11 is 3.50. The molecule has 0 unspecified atom stereocenters. The number of nitrogens with one attached hydrogen (secondary N) is 1. The quantitative estimate of drug-likeness (QED) is 0.790. The third-order valence-electron chi connectivity index (χ3n) is 3.09. The molecule has 0 radical (unpaired) electrons. The van der Waals surface area contributed by atoms with Crippen molar-refractivity contribution in [3.63, 3.8) is 0 Å². The van der Waals surface area contributed by atoms with E-state index in [4.69, 9.17) is 5.41 Å². The molecule has 1 N–H and O–H groups in total. The summed E-state index contributed by atoms with van der Waals surface area (Å²) in [6.45, 7) is 0.929. The predicted molar refractivity (Wildman–Crippen MR) is 66.2 cm³/mol. The monoisotopic (exact) mass is 277 g/mol. The summed E-state index contributed by atoms with van der Waals surface area (Å²) in [7, 11) is 0. The summed E-state index contributed by atoms with van der Waals surface area (Å²) in [5, 5.41) is 9.18. The van der Waals surface area contributed by atoms with E-state index in [1.807, 2.05) is 22.8 Å². The normalized spacial score (nSPS) is 15.1. The Balaban J connectivity index is 2.45. The molecular formula is C12H12BrN3. The van der Waals surface area contributed by atoms with Gasteiger partial charge in [0.05, 0.1) is 10.9 Å². The molecule has 0 amide bonds. The first kappa shape index (κ1) is 10.0. The smallest absolute Gasteiger partial charge is 0.136 e. The average Bonchev–Trinajstić information content (AvgIpc) is 2.29. The summed E-state index contributed by atoms with van der Waals surface area (Å²) in [5.74, 6) is 1.06. The van der Waals surface area contributed by atoms with Crippen LogP contribution in [0, 0.1) is 5.41 Å². The van der Waals surface area contributed by atoms with Crippen molar-refractivity contribution in [3.05, 3.63) is 34.0 Å². The second-order valence-electron chi connectivity index (χ2n) is 4.12. The average molecular weight is 278 g/mol. The molecule has 16 heavy (non-hydrogen) atoms. The summed E-state index contributed by atoms with van der Waals surface area (Å²) in [6, 6.07) is 5.92. The van der Waals surface area contributed by atoms with Crippen LogP contribution in [0.15, 0.2) is 22.7 Å². The van der Waals surface area contributed by atoms with Crippen molar-refractivity contribution < 1.29 is 0 Å². The first-order valence-corrected chi connectivity index (χ1v) is 6.29. The standard InChI is InChI=1S/C12H12BrN3/c13-8-4-3-5-9-11(8)12(14)16-7-2-1-6-10(16)15-9/h3-5,14H,1-2,6-7H2. The Hall–Kier alpha value is -1.16. The maximum Gasteiger partial charge on any atom is 0.136 e. The molecule has 1 aromatic heterocycles. The SMILES string of the molecule is N=c1c2c(Br)cccc2nc2n1CCCC2. The lowest BCUT2D eigenvalue weighted by Gasteiger charge is -2.19. The molecule has 0 spiro atoms. The molecule has 2 aromatic rings. The number of fused-ring (bicyclic) bond motifs is 2. The number of halogens is 1. The maximum atomic E-state index is 8.25. The lowest BCUT2D eigenvalue weighted by Crippen LogP contribution is -2.28. The Morgan fingerprint density at radius 2 is 2.19 bits per heavy atom. The van der Waals surface area contributed by atoms with Gasteiger partial charge in [-0.05, 0) is 40.9 Å². The minimum Gasteiger partial charge on any atom is -0.314 e. The van der Waals surface area contributed by atoms with Gasteiger partial charge in [0.2, 0.25) is 0 Å². The third kappa shape index (κ3) is 1.40. The van der Waals surface area contributed by atoms with E-state index in [-0.39, 0.29) is 0 Å². The molecule has 0 saturated heterocycles. The van der Waals surface area contributed by atoms with Crippen LogP contribution in [0.3, 0.4) is 0 Å². The van der Waals surface area contributed by atoms with Crippen LogP contribution in [0.1, 0.15) is 18.7 Å². The van der Waals surface area contributed by atoms with Crippen LogP contribution in [-0.4, -0.2) is 9.55 Å². The van der Waals surface area contributed by atoms with Crippen LogP contribution in [0.25, 0.3) is 10.9 Å². The summed E-state index contributed by atoms with van der Waals surface area (Å²) in [5.41, 5.74) is 1.51. The van der Waals surface area contributed by atoms with E-state index in [0.717, 1.165) is 40.6 Å². The van der Waals surface area contributed by atoms with Gasteiger partial charge in [-0.2, -0.15) is 0 Å². The molecular weight excluding hydrogens is 266 g/mol. The molecule has 0 fully saturated rings. The third-order valence-corrected chi connectivity index (χ3v) is 3.75. The highest BCUT2D eigenvalue weighted by Gasteiger charge is 2.13. The molecule has 4 heteroatoms. The second-order valence-corrected chi connectivity index (χ2v) is 4.97. The zero-order valence-electron chi connectivity index (χ0n) is 8.83. The van der Waals surface area contributed by atoms with Gasteiger partial charge in [-0.3, -0.25) is 5.41 Å². The van der Waals surface area contributed by atoms with Gasteiger partial charge in [0.25, 0.3) is 0 Å². The van der Waals surface area contributed by atoms with Gasteiger partial charge < -0.3 is 4.57 Å². The molecule has 0 bridgehead atoms. The molecule has 1 aromatic carbocycles. The Labute approximate surface area is 102 Å². The van der Waals surface area contributed by atoms with Gasteiger partial charge in [-0.1, -0.05) is 6.07 Å². The van der Waals surface area contributed by atoms with Crippen molar-refractivity contribution in [1.29, 1.82) is 5.41 Å². The number of hydrogen-bond donors (Lipinski definition) is 1. The van der Waals surface area contributed by atoms with Crippen molar-refractivity contribution in [2.24, 2.45) is 0 Å². The Morgan fingerprint density at radius 3 is 3.06 bits per heavy atom. The lowest BCUT2D eigenvalue weighted by atomic mass is 10.1. The van der Waals surface area contributed by atoms with Gasteiger partial charge in [-0.25, -0.2) is 4.98 Å². The summed E-state index contributed by atoms with van der Waals surface area (Å²) in [6.07, 6.45) is 3.33. The van der Waals surface area contributed by atoms with Crippen LogP contribution in [-0.2, 0) is 13.0 Å². The summed E-state index contributed by atoms with van der Waals surface area (Å²) < 4.78 is 3.00. The number of hydrogen-bond acceptors (Lipinski definition) is 2. The first-order valence-electron chi connectivity index (χ1n) is 5.50. The van der Waals surface area contributed by atoms with E-state index in [9.17, 15) is 0 Å². The van der Waals surface area contributed by atoms with Gasteiger partial charge in [0, 0.05) is 17.4 Å². The van der Waals surface area contributed by atoms with Gasteiger partial charge >= 0.3 is 0 Å². The van der Waals surface area contributed by atoms with E-state index in [1.165, 1.54) is 6.42 Å². The van der Waals surface area contributed by atoms with E-state index in [1.54, 1.807) is 0 Å². The largest absolute Gasteiger partial charge is 0.314 e. The first-order chi connectivity index (χ1) is 7.77. The van der Waals surface area contributed by atoms with Gasteiger partial charge in [-0.15, -0.1) is 0 Å². The minimum absolute atomic E-state index is 0.590. The van der Waals surface area contributed by atoms with Gasteiger partial charge in [0.15, 0.2) is 0 Å². The summed E-state index contributed by atoms with van der Waals surface area (Å²) in [4.78, 5) is 4.65. The zero-order chi connectivity index (χ0) is 11.1. The zero-order valence-corrected chi connectivity index (χ0v) is 10.4. The fourth-order valence-corrected chi connectivity index (χ4v) is 2.83. The van der Waals surface area contributed by atoms with Crippen LogP contribution >= 0.6 is 15.9 Å². The predicted octanol–water partition coefficient (Wildman–Crippen LogP) is 2.61. The molecule has 0 aliphatic carbocycles. The molecule has 82 valence electrons. The maximum absolute atomic E-state index is 8.25. The van der Waals surface area contributed by atoms with E-state index >= 15 is 0 Å². The molecule has 3 rings (SSSR count). The highest BCUT2D eigenvalue weighted by Crippen LogP contribution is 2.21. The lowest BCUT2D eigenvalue weighted by molar-refractivity contribution is 0.493. The molecule has 1 aliphatic rings. The molecule has 0 saturated carbocycles.